The van der Waals surface area contributed by atoms with E-state index in [1.807, 2.05) is 30.3 Å². The van der Waals surface area contributed by atoms with Crippen molar-refractivity contribution < 1.29 is 57.9 Å². The van der Waals surface area contributed by atoms with Gasteiger partial charge in [-0.15, -0.1) is 0 Å². The number of hydrogen-bond acceptors (Lipinski definition) is 2. The second-order valence-electron chi connectivity index (χ2n) is 2.76. The Bertz CT molecular complexity index is 391. The molecule has 14 heavy (non-hydrogen) atoms. The minimum Gasteiger partial charge on any atom is -1.00 e. The molecule has 1 aromatic heterocycles. The van der Waals surface area contributed by atoms with Crippen LogP contribution in [0.5, 0.6) is 5.75 Å². The van der Waals surface area contributed by atoms with Crippen molar-refractivity contribution in [3.05, 3.63) is 48.7 Å². The summed E-state index contributed by atoms with van der Waals surface area (Å²) >= 11 is 0. The van der Waals surface area contributed by atoms with Crippen molar-refractivity contribution in [2.75, 3.05) is 0 Å². The minimum atomic E-state index is 0. The van der Waals surface area contributed by atoms with Crippen molar-refractivity contribution >= 4 is 0 Å². The van der Waals surface area contributed by atoms with Crippen LogP contribution < -0.4 is 51.4 Å². The van der Waals surface area contributed by atoms with Gasteiger partial charge in [0.05, 0.1) is 5.69 Å². The minimum absolute atomic E-state index is 0. The van der Waals surface area contributed by atoms with Crippen molar-refractivity contribution in [2.24, 2.45) is 0 Å². The largest absolute Gasteiger partial charge is 1.00 e. The van der Waals surface area contributed by atoms with Crippen molar-refractivity contribution in [3.63, 3.8) is 0 Å². The molecule has 0 aliphatic heterocycles. The maximum Gasteiger partial charge on any atom is 1.00 e. The zero-order valence-electron chi connectivity index (χ0n) is 9.01. The van der Waals surface area contributed by atoms with Crippen molar-refractivity contribution in [2.45, 2.75) is 0 Å². The van der Waals surface area contributed by atoms with Crippen LogP contribution in [0.4, 0.5) is 0 Å². The predicted octanol–water partition coefficient (Wildman–Crippen LogP) is -0.429. The Kier molecular flexibility index (Phi) is 4.78. The molecule has 0 amide bonds. The summed E-state index contributed by atoms with van der Waals surface area (Å²) < 4.78 is 0. The first kappa shape index (κ1) is 11.9. The summed E-state index contributed by atoms with van der Waals surface area (Å²) in [4.78, 5) is 4.20. The van der Waals surface area contributed by atoms with Gasteiger partial charge in [0.15, 0.2) is 0 Å². The molecule has 66 valence electrons. The molecular weight excluding hydrogens is 201 g/mol. The van der Waals surface area contributed by atoms with Crippen LogP contribution in [0.1, 0.15) is 1.43 Å². The number of phenolic OH excluding ortho intramolecular Hbond substituents is 1. The smallest absolute Gasteiger partial charge is 1.00 e. The second-order valence-corrected chi connectivity index (χ2v) is 2.76. The summed E-state index contributed by atoms with van der Waals surface area (Å²) in [5, 5.41) is 9.08. The van der Waals surface area contributed by atoms with E-state index in [4.69, 9.17) is 5.11 Å². The first-order chi connectivity index (χ1) is 6.36. The zero-order valence-corrected chi connectivity index (χ0v) is 11.1. The number of benzene rings is 1. The van der Waals surface area contributed by atoms with Crippen LogP contribution in [-0.4, -0.2) is 10.1 Å². The molecule has 2 aromatic rings. The van der Waals surface area contributed by atoms with Gasteiger partial charge in [-0.3, -0.25) is 4.98 Å². The molecule has 0 aliphatic rings. The number of rotatable bonds is 1. The molecule has 0 saturated carbocycles. The van der Waals surface area contributed by atoms with E-state index in [0.717, 1.165) is 11.3 Å². The van der Waals surface area contributed by atoms with Crippen LogP contribution in [0.15, 0.2) is 48.7 Å². The van der Waals surface area contributed by atoms with Crippen LogP contribution in [0.25, 0.3) is 11.3 Å². The van der Waals surface area contributed by atoms with Gasteiger partial charge < -0.3 is 6.53 Å². The number of aromatic nitrogens is 1. The topological polar surface area (TPSA) is 33.1 Å². The molecule has 0 unspecified atom stereocenters. The van der Waals surface area contributed by atoms with E-state index in [9.17, 15) is 0 Å². The van der Waals surface area contributed by atoms with Crippen LogP contribution in [-0.2, 0) is 0 Å². The first-order valence-electron chi connectivity index (χ1n) is 4.07. The van der Waals surface area contributed by atoms with Gasteiger partial charge in [0.25, 0.3) is 0 Å². The molecule has 0 aliphatic carbocycles. The maximum atomic E-state index is 9.08. The number of phenols is 1. The van der Waals surface area contributed by atoms with E-state index in [1.165, 1.54) is 0 Å². The fourth-order valence-electron chi connectivity index (χ4n) is 1.17. The Hall–Kier alpha value is -0.194. The summed E-state index contributed by atoms with van der Waals surface area (Å²) in [6.07, 6.45) is 1.75. The monoisotopic (exact) mass is 211 g/mol. The predicted molar refractivity (Wildman–Crippen MR) is 52.4 cm³/mol. The average molecular weight is 211 g/mol. The maximum absolute atomic E-state index is 9.08. The summed E-state index contributed by atoms with van der Waals surface area (Å²) in [5.74, 6) is 0.277. The van der Waals surface area contributed by atoms with Crippen LogP contribution in [0.2, 0.25) is 0 Å². The van der Waals surface area contributed by atoms with Gasteiger partial charge >= 0.3 is 51.4 Å². The van der Waals surface area contributed by atoms with Gasteiger partial charge in [-0.05, 0) is 36.4 Å². The Morgan fingerprint density at radius 1 is 1.00 bits per heavy atom. The third-order valence-electron chi connectivity index (χ3n) is 1.83. The summed E-state index contributed by atoms with van der Waals surface area (Å²) in [7, 11) is 0. The summed E-state index contributed by atoms with van der Waals surface area (Å²) in [5.41, 5.74) is 1.93. The quantitative estimate of drug-likeness (QED) is 0.649. The molecule has 0 bridgehead atoms. The van der Waals surface area contributed by atoms with E-state index >= 15 is 0 Å². The van der Waals surface area contributed by atoms with Gasteiger partial charge in [0, 0.05) is 11.8 Å². The Morgan fingerprint density at radius 2 is 1.71 bits per heavy atom. The Balaban J connectivity index is 0.000000980. The fraction of sp³-hybridized carbons (Fsp3) is 0. The van der Waals surface area contributed by atoms with E-state index in [-0.39, 0.29) is 58.6 Å². The van der Waals surface area contributed by atoms with E-state index in [2.05, 4.69) is 4.98 Å². The van der Waals surface area contributed by atoms with Gasteiger partial charge in [-0.1, -0.05) is 6.07 Å². The molecule has 1 heterocycles. The van der Waals surface area contributed by atoms with Crippen LogP contribution >= 0.6 is 0 Å². The van der Waals surface area contributed by atoms with Gasteiger partial charge in [0.1, 0.15) is 5.75 Å². The van der Waals surface area contributed by atoms with Gasteiger partial charge in [-0.2, -0.15) is 0 Å². The van der Waals surface area contributed by atoms with Crippen LogP contribution in [0.3, 0.4) is 0 Å². The summed E-state index contributed by atoms with van der Waals surface area (Å²) in [6, 6.07) is 12.8. The van der Waals surface area contributed by atoms with Gasteiger partial charge in [0.2, 0.25) is 0 Å². The molecule has 3 heteroatoms. The molecule has 2 nitrogen and oxygen atoms in total. The van der Waals surface area contributed by atoms with Crippen LogP contribution in [0, 0.1) is 0 Å². The molecule has 0 atom stereocenters. The first-order valence-corrected chi connectivity index (χ1v) is 4.07. The standard InChI is InChI=1S/C11H9NO.K.H/c13-10-6-4-9(5-7-10)11-3-1-2-8-12-11;;/h1-8,13H;;/q;+1;-1. The molecular formula is C11H10KNO. The van der Waals surface area contributed by atoms with E-state index in [0.29, 0.717) is 0 Å². The molecule has 0 radical (unpaired) electrons. The van der Waals surface area contributed by atoms with Crippen molar-refractivity contribution in [3.8, 4) is 17.0 Å². The Morgan fingerprint density at radius 3 is 2.29 bits per heavy atom. The van der Waals surface area contributed by atoms with E-state index < -0.39 is 0 Å². The second kappa shape index (κ2) is 5.63. The van der Waals surface area contributed by atoms with Crippen molar-refractivity contribution in [1.82, 2.24) is 4.98 Å². The van der Waals surface area contributed by atoms with E-state index in [1.54, 1.807) is 18.3 Å². The fourth-order valence-corrected chi connectivity index (χ4v) is 1.17. The molecule has 2 rings (SSSR count). The number of hydrogen-bond donors (Lipinski definition) is 1. The molecule has 1 N–H and O–H groups in total. The number of aromatic hydroxyl groups is 1. The SMILES string of the molecule is Oc1ccc(-c2ccccn2)cc1.[H-].[K+]. The molecule has 1 aromatic carbocycles. The van der Waals surface area contributed by atoms with Crippen molar-refractivity contribution in [1.29, 1.82) is 0 Å². The summed E-state index contributed by atoms with van der Waals surface area (Å²) in [6.45, 7) is 0. The van der Waals surface area contributed by atoms with Gasteiger partial charge in [-0.25, -0.2) is 0 Å². The third kappa shape index (κ3) is 2.90. The zero-order chi connectivity index (χ0) is 9.10. The molecule has 0 spiro atoms. The Labute approximate surface area is 127 Å². The molecule has 0 fully saturated rings. The number of pyridine rings is 1. The average Bonchev–Trinajstić information content (AvgIpc) is 2.20. The normalized spacial score (nSPS) is 9.14. The molecule has 0 saturated heterocycles. The number of nitrogens with zero attached hydrogens (tertiary/aromatic N) is 1. The third-order valence-corrected chi connectivity index (χ3v) is 1.83.